The number of rotatable bonds is 2. The monoisotopic (exact) mass is 280 g/mol. The van der Waals surface area contributed by atoms with Crippen molar-refractivity contribution in [3.63, 3.8) is 0 Å². The van der Waals surface area contributed by atoms with Gasteiger partial charge in [0, 0.05) is 11.1 Å². The quantitative estimate of drug-likeness (QED) is 0.586. The molecule has 0 spiro atoms. The van der Waals surface area contributed by atoms with Gasteiger partial charge in [0.1, 0.15) is 11.6 Å². The lowest BCUT2D eigenvalue weighted by Gasteiger charge is -2.14. The predicted octanol–water partition coefficient (Wildman–Crippen LogP) is 4.37. The van der Waals surface area contributed by atoms with Crippen molar-refractivity contribution in [3.8, 4) is 29.2 Å². The number of halogens is 4. The van der Waals surface area contributed by atoms with Gasteiger partial charge in [-0.2, -0.15) is 0 Å². The molecule has 0 aliphatic carbocycles. The van der Waals surface area contributed by atoms with Crippen molar-refractivity contribution in [2.75, 3.05) is 0 Å². The molecule has 1 nitrogen and oxygen atoms in total. The smallest absolute Gasteiger partial charge is 0.405 e. The van der Waals surface area contributed by atoms with E-state index in [0.717, 1.165) is 18.2 Å². The Labute approximate surface area is 112 Å². The molecule has 0 aliphatic heterocycles. The molecule has 0 saturated heterocycles. The van der Waals surface area contributed by atoms with E-state index in [1.54, 1.807) is 0 Å². The molecular weight excluding hydrogens is 272 g/mol. The molecular formula is C15H8F4O. The van der Waals surface area contributed by atoms with Gasteiger partial charge in [-0.3, -0.25) is 0 Å². The molecule has 0 atom stereocenters. The minimum atomic E-state index is -4.81. The lowest BCUT2D eigenvalue weighted by atomic mass is 10.0. The minimum Gasteiger partial charge on any atom is -0.405 e. The molecule has 2 aromatic rings. The summed E-state index contributed by atoms with van der Waals surface area (Å²) in [6.45, 7) is 0. The van der Waals surface area contributed by atoms with Gasteiger partial charge in [-0.25, -0.2) is 4.39 Å². The van der Waals surface area contributed by atoms with Crippen molar-refractivity contribution >= 4 is 0 Å². The van der Waals surface area contributed by atoms with Crippen LogP contribution in [-0.2, 0) is 0 Å². The summed E-state index contributed by atoms with van der Waals surface area (Å²) in [7, 11) is 0. The van der Waals surface area contributed by atoms with Crippen LogP contribution in [0.15, 0.2) is 42.5 Å². The Morgan fingerprint density at radius 3 is 2.20 bits per heavy atom. The molecule has 0 aromatic heterocycles. The molecule has 5 heteroatoms. The van der Waals surface area contributed by atoms with Gasteiger partial charge in [0.05, 0.1) is 0 Å². The second-order valence-corrected chi connectivity index (χ2v) is 3.91. The number of hydrogen-bond acceptors (Lipinski definition) is 1. The number of hydrogen-bond donors (Lipinski definition) is 0. The zero-order valence-corrected chi connectivity index (χ0v) is 10.0. The first-order valence-electron chi connectivity index (χ1n) is 5.51. The summed E-state index contributed by atoms with van der Waals surface area (Å²) in [6.07, 6.45) is 0.412. The highest BCUT2D eigenvalue weighted by molar-refractivity contribution is 5.72. The van der Waals surface area contributed by atoms with Gasteiger partial charge in [-0.1, -0.05) is 18.1 Å². The summed E-state index contributed by atoms with van der Waals surface area (Å²) < 4.78 is 53.9. The van der Waals surface area contributed by atoms with E-state index in [1.165, 1.54) is 24.3 Å². The Morgan fingerprint density at radius 2 is 1.65 bits per heavy atom. The van der Waals surface area contributed by atoms with Crippen LogP contribution in [0.1, 0.15) is 5.56 Å². The van der Waals surface area contributed by atoms with Crippen molar-refractivity contribution in [1.29, 1.82) is 0 Å². The van der Waals surface area contributed by atoms with Crippen LogP contribution in [0.25, 0.3) is 11.1 Å². The number of benzene rings is 2. The maximum atomic E-state index is 12.9. The van der Waals surface area contributed by atoms with E-state index in [0.29, 0.717) is 11.1 Å². The van der Waals surface area contributed by atoms with Gasteiger partial charge in [-0.05, 0) is 35.9 Å². The molecule has 0 fully saturated rings. The molecule has 20 heavy (non-hydrogen) atoms. The predicted molar refractivity (Wildman–Crippen MR) is 66.5 cm³/mol. The van der Waals surface area contributed by atoms with Gasteiger partial charge >= 0.3 is 6.36 Å². The van der Waals surface area contributed by atoms with Crippen molar-refractivity contribution in [3.05, 3.63) is 53.8 Å². The van der Waals surface area contributed by atoms with Gasteiger partial charge in [0.2, 0.25) is 0 Å². The van der Waals surface area contributed by atoms with Crippen LogP contribution < -0.4 is 4.74 Å². The molecule has 0 bridgehead atoms. The lowest BCUT2D eigenvalue weighted by molar-refractivity contribution is -0.274. The van der Waals surface area contributed by atoms with E-state index >= 15 is 0 Å². The minimum absolute atomic E-state index is 0.151. The van der Waals surface area contributed by atoms with Crippen LogP contribution in [0.2, 0.25) is 0 Å². The van der Waals surface area contributed by atoms with Gasteiger partial charge in [-0.15, -0.1) is 19.6 Å². The second kappa shape index (κ2) is 5.25. The van der Waals surface area contributed by atoms with Crippen molar-refractivity contribution in [2.45, 2.75) is 6.36 Å². The summed E-state index contributed by atoms with van der Waals surface area (Å²) in [6, 6.07) is 8.87. The largest absolute Gasteiger partial charge is 0.573 e. The Balaban J connectivity index is 2.53. The highest BCUT2D eigenvalue weighted by atomic mass is 19.4. The first kappa shape index (κ1) is 13.9. The molecule has 0 radical (unpaired) electrons. The average molecular weight is 280 g/mol. The number of ether oxygens (including phenoxy) is 1. The third kappa shape index (κ3) is 3.29. The third-order valence-corrected chi connectivity index (χ3v) is 2.53. The molecule has 0 unspecified atom stereocenters. The zero-order valence-electron chi connectivity index (χ0n) is 10.0. The summed E-state index contributed by atoms with van der Waals surface area (Å²) in [5, 5.41) is 0. The average Bonchev–Trinajstić information content (AvgIpc) is 2.38. The molecule has 2 rings (SSSR count). The van der Waals surface area contributed by atoms with Crippen LogP contribution >= 0.6 is 0 Å². The Morgan fingerprint density at radius 1 is 1.00 bits per heavy atom. The van der Waals surface area contributed by atoms with E-state index in [4.69, 9.17) is 6.42 Å². The summed E-state index contributed by atoms with van der Waals surface area (Å²) in [4.78, 5) is 0. The van der Waals surface area contributed by atoms with E-state index in [9.17, 15) is 17.6 Å². The first-order chi connectivity index (χ1) is 9.39. The second-order valence-electron chi connectivity index (χ2n) is 3.91. The Bertz CT molecular complexity index is 651. The number of alkyl halides is 3. The van der Waals surface area contributed by atoms with Crippen LogP contribution in [0.3, 0.4) is 0 Å². The van der Waals surface area contributed by atoms with E-state index in [2.05, 4.69) is 10.7 Å². The van der Waals surface area contributed by atoms with Gasteiger partial charge in [0.15, 0.2) is 0 Å². The topological polar surface area (TPSA) is 9.23 Å². The Kier molecular flexibility index (Phi) is 3.66. The van der Waals surface area contributed by atoms with Crippen LogP contribution in [0, 0.1) is 18.2 Å². The highest BCUT2D eigenvalue weighted by Crippen LogP contribution is 2.34. The van der Waals surface area contributed by atoms with Gasteiger partial charge in [0.25, 0.3) is 0 Å². The fraction of sp³-hybridized carbons (Fsp3) is 0.0667. The SMILES string of the molecule is C#Cc1ccc(OC(F)(F)F)c(-c2ccc(F)cc2)c1. The zero-order chi connectivity index (χ0) is 14.8. The van der Waals surface area contributed by atoms with Crippen LogP contribution in [-0.4, -0.2) is 6.36 Å². The first-order valence-corrected chi connectivity index (χ1v) is 5.51. The normalized spacial score (nSPS) is 10.9. The molecule has 2 aromatic carbocycles. The van der Waals surface area contributed by atoms with E-state index in [-0.39, 0.29) is 11.3 Å². The van der Waals surface area contributed by atoms with Crippen molar-refractivity contribution < 1.29 is 22.3 Å². The molecule has 0 saturated carbocycles. The summed E-state index contributed by atoms with van der Waals surface area (Å²) in [5.74, 6) is 1.46. The van der Waals surface area contributed by atoms with Gasteiger partial charge < -0.3 is 4.74 Å². The van der Waals surface area contributed by atoms with Crippen LogP contribution in [0.4, 0.5) is 17.6 Å². The maximum absolute atomic E-state index is 12.9. The summed E-state index contributed by atoms with van der Waals surface area (Å²) in [5.41, 5.74) is 0.930. The number of terminal acetylenes is 1. The lowest BCUT2D eigenvalue weighted by Crippen LogP contribution is -2.17. The van der Waals surface area contributed by atoms with E-state index in [1.807, 2.05) is 0 Å². The molecule has 0 amide bonds. The highest BCUT2D eigenvalue weighted by Gasteiger charge is 2.32. The fourth-order valence-electron chi connectivity index (χ4n) is 1.69. The standard InChI is InChI=1S/C15H8F4O/c1-2-10-3-8-14(20-15(17,18)19)13(9-10)11-4-6-12(16)7-5-11/h1,3-9H. The van der Waals surface area contributed by atoms with Crippen LogP contribution in [0.5, 0.6) is 5.75 Å². The molecule has 102 valence electrons. The van der Waals surface area contributed by atoms with Crippen molar-refractivity contribution in [2.24, 2.45) is 0 Å². The molecule has 0 N–H and O–H groups in total. The summed E-state index contributed by atoms with van der Waals surface area (Å²) >= 11 is 0. The fourth-order valence-corrected chi connectivity index (χ4v) is 1.69. The maximum Gasteiger partial charge on any atom is 0.573 e. The van der Waals surface area contributed by atoms with Crippen molar-refractivity contribution in [1.82, 2.24) is 0 Å². The van der Waals surface area contributed by atoms with E-state index < -0.39 is 12.2 Å². The molecule has 0 aliphatic rings. The molecule has 0 heterocycles. The third-order valence-electron chi connectivity index (χ3n) is 2.53. The Hall–Kier alpha value is -2.48.